The molecule has 0 saturated carbocycles. The Morgan fingerprint density at radius 1 is 1.15 bits per heavy atom. The SMILES string of the molecule is CCC1CN(C(CC)Cc2ccccc2)C(CC)CN1. The van der Waals surface area contributed by atoms with Crippen molar-refractivity contribution < 1.29 is 0 Å². The Labute approximate surface area is 124 Å². The lowest BCUT2D eigenvalue weighted by Crippen LogP contribution is -2.59. The molecular weight excluding hydrogens is 244 g/mol. The molecule has 1 aliphatic heterocycles. The number of piperazine rings is 1. The summed E-state index contributed by atoms with van der Waals surface area (Å²) >= 11 is 0. The van der Waals surface area contributed by atoms with E-state index in [1.807, 2.05) is 0 Å². The first kappa shape index (κ1) is 15.5. The molecule has 0 spiro atoms. The second-order valence-corrected chi connectivity index (χ2v) is 6.02. The fraction of sp³-hybridized carbons (Fsp3) is 0.667. The van der Waals surface area contributed by atoms with Crippen molar-refractivity contribution in [1.29, 1.82) is 0 Å². The van der Waals surface area contributed by atoms with Gasteiger partial charge in [0.05, 0.1) is 0 Å². The molecule has 2 nitrogen and oxygen atoms in total. The first-order chi connectivity index (χ1) is 9.78. The number of benzene rings is 1. The van der Waals surface area contributed by atoms with Crippen molar-refractivity contribution >= 4 is 0 Å². The Morgan fingerprint density at radius 2 is 1.90 bits per heavy atom. The van der Waals surface area contributed by atoms with Gasteiger partial charge in [-0.25, -0.2) is 0 Å². The average Bonchev–Trinajstić information content (AvgIpc) is 2.53. The molecule has 2 rings (SSSR count). The topological polar surface area (TPSA) is 15.3 Å². The summed E-state index contributed by atoms with van der Waals surface area (Å²) in [5.41, 5.74) is 1.47. The maximum absolute atomic E-state index is 3.70. The third kappa shape index (κ3) is 3.83. The predicted octanol–water partition coefficient (Wildman–Crippen LogP) is 3.47. The van der Waals surface area contributed by atoms with Gasteiger partial charge in [0.25, 0.3) is 0 Å². The Morgan fingerprint density at radius 3 is 2.50 bits per heavy atom. The minimum absolute atomic E-state index is 0.669. The monoisotopic (exact) mass is 274 g/mol. The van der Waals surface area contributed by atoms with Crippen LogP contribution in [0.1, 0.15) is 45.6 Å². The summed E-state index contributed by atoms with van der Waals surface area (Å²) in [5.74, 6) is 0. The van der Waals surface area contributed by atoms with E-state index in [-0.39, 0.29) is 0 Å². The summed E-state index contributed by atoms with van der Waals surface area (Å²) in [6.45, 7) is 9.31. The second-order valence-electron chi connectivity index (χ2n) is 6.02. The number of nitrogens with zero attached hydrogens (tertiary/aromatic N) is 1. The zero-order valence-electron chi connectivity index (χ0n) is 13.3. The number of hydrogen-bond donors (Lipinski definition) is 1. The number of nitrogens with one attached hydrogen (secondary N) is 1. The van der Waals surface area contributed by atoms with Crippen LogP contribution < -0.4 is 5.32 Å². The zero-order valence-corrected chi connectivity index (χ0v) is 13.3. The van der Waals surface area contributed by atoms with Crippen molar-refractivity contribution in [2.24, 2.45) is 0 Å². The van der Waals surface area contributed by atoms with Gasteiger partial charge < -0.3 is 5.32 Å². The van der Waals surface area contributed by atoms with E-state index in [4.69, 9.17) is 0 Å². The molecule has 3 atom stereocenters. The summed E-state index contributed by atoms with van der Waals surface area (Å²) in [7, 11) is 0. The zero-order chi connectivity index (χ0) is 14.4. The maximum Gasteiger partial charge on any atom is 0.0221 e. The van der Waals surface area contributed by atoms with Crippen molar-refractivity contribution in [3.8, 4) is 0 Å². The van der Waals surface area contributed by atoms with Crippen molar-refractivity contribution in [3.05, 3.63) is 35.9 Å². The summed E-state index contributed by atoms with van der Waals surface area (Å²) in [6.07, 6.45) is 4.90. The van der Waals surface area contributed by atoms with E-state index in [0.29, 0.717) is 18.1 Å². The third-order valence-corrected chi connectivity index (χ3v) is 4.76. The standard InChI is InChI=1S/C18H30N2/c1-4-16-14-20(18(6-3)13-19-16)17(5-2)12-15-10-8-7-9-11-15/h7-11,16-19H,4-6,12-14H2,1-3H3. The first-order valence-corrected chi connectivity index (χ1v) is 8.31. The lowest BCUT2D eigenvalue weighted by Gasteiger charge is -2.44. The van der Waals surface area contributed by atoms with Crippen LogP contribution in [0.4, 0.5) is 0 Å². The molecule has 0 bridgehead atoms. The van der Waals surface area contributed by atoms with Gasteiger partial charge in [-0.2, -0.15) is 0 Å². The van der Waals surface area contributed by atoms with E-state index >= 15 is 0 Å². The summed E-state index contributed by atoms with van der Waals surface area (Å²) in [4.78, 5) is 2.78. The van der Waals surface area contributed by atoms with E-state index in [2.05, 4.69) is 61.3 Å². The van der Waals surface area contributed by atoms with Gasteiger partial charge in [0, 0.05) is 31.2 Å². The van der Waals surface area contributed by atoms with Gasteiger partial charge in [0.15, 0.2) is 0 Å². The van der Waals surface area contributed by atoms with E-state index in [0.717, 1.165) is 6.54 Å². The summed E-state index contributed by atoms with van der Waals surface area (Å²) in [6, 6.07) is 13.0. The van der Waals surface area contributed by atoms with Gasteiger partial charge >= 0.3 is 0 Å². The molecule has 0 amide bonds. The van der Waals surface area contributed by atoms with Gasteiger partial charge in [0.2, 0.25) is 0 Å². The molecule has 3 unspecified atom stereocenters. The van der Waals surface area contributed by atoms with Crippen LogP contribution in [-0.4, -0.2) is 36.1 Å². The highest BCUT2D eigenvalue weighted by Gasteiger charge is 2.30. The second kappa shape index (κ2) is 7.80. The smallest absolute Gasteiger partial charge is 0.0221 e. The van der Waals surface area contributed by atoms with Crippen LogP contribution in [0.15, 0.2) is 30.3 Å². The van der Waals surface area contributed by atoms with Crippen molar-refractivity contribution in [1.82, 2.24) is 10.2 Å². The fourth-order valence-electron chi connectivity index (χ4n) is 3.37. The highest BCUT2D eigenvalue weighted by atomic mass is 15.3. The van der Waals surface area contributed by atoms with Gasteiger partial charge in [-0.1, -0.05) is 51.1 Å². The number of hydrogen-bond acceptors (Lipinski definition) is 2. The largest absolute Gasteiger partial charge is 0.311 e. The predicted molar refractivity (Wildman–Crippen MR) is 87.1 cm³/mol. The molecule has 20 heavy (non-hydrogen) atoms. The molecule has 0 aromatic heterocycles. The van der Waals surface area contributed by atoms with Crippen molar-refractivity contribution in [3.63, 3.8) is 0 Å². The Balaban J connectivity index is 2.07. The molecule has 112 valence electrons. The number of rotatable bonds is 6. The molecule has 0 radical (unpaired) electrons. The minimum atomic E-state index is 0.669. The van der Waals surface area contributed by atoms with E-state index in [1.165, 1.54) is 37.8 Å². The fourth-order valence-corrected chi connectivity index (χ4v) is 3.37. The first-order valence-electron chi connectivity index (χ1n) is 8.31. The van der Waals surface area contributed by atoms with Gasteiger partial charge in [-0.15, -0.1) is 0 Å². The average molecular weight is 274 g/mol. The van der Waals surface area contributed by atoms with E-state index in [1.54, 1.807) is 0 Å². The highest BCUT2D eigenvalue weighted by Crippen LogP contribution is 2.20. The summed E-state index contributed by atoms with van der Waals surface area (Å²) < 4.78 is 0. The molecular formula is C18H30N2. The highest BCUT2D eigenvalue weighted by molar-refractivity contribution is 5.16. The molecule has 2 heteroatoms. The van der Waals surface area contributed by atoms with E-state index < -0.39 is 0 Å². The van der Waals surface area contributed by atoms with Crippen molar-refractivity contribution in [2.45, 2.75) is 64.6 Å². The van der Waals surface area contributed by atoms with Crippen LogP contribution >= 0.6 is 0 Å². The van der Waals surface area contributed by atoms with Crippen LogP contribution in [0.3, 0.4) is 0 Å². The van der Waals surface area contributed by atoms with Gasteiger partial charge in [-0.05, 0) is 31.2 Å². The third-order valence-electron chi connectivity index (χ3n) is 4.76. The van der Waals surface area contributed by atoms with Crippen LogP contribution in [0.5, 0.6) is 0 Å². The molecule has 1 aromatic rings. The van der Waals surface area contributed by atoms with Crippen LogP contribution in [0.2, 0.25) is 0 Å². The summed E-state index contributed by atoms with van der Waals surface area (Å²) in [5, 5.41) is 3.70. The van der Waals surface area contributed by atoms with Crippen molar-refractivity contribution in [2.75, 3.05) is 13.1 Å². The van der Waals surface area contributed by atoms with Crippen LogP contribution in [-0.2, 0) is 6.42 Å². The van der Waals surface area contributed by atoms with Crippen LogP contribution in [0.25, 0.3) is 0 Å². The quantitative estimate of drug-likeness (QED) is 0.854. The molecule has 1 fully saturated rings. The van der Waals surface area contributed by atoms with Gasteiger partial charge in [-0.3, -0.25) is 4.90 Å². The molecule has 1 aliphatic rings. The molecule has 1 heterocycles. The Kier molecular flexibility index (Phi) is 6.06. The molecule has 0 aliphatic carbocycles. The molecule has 1 N–H and O–H groups in total. The normalized spacial score (nSPS) is 25.6. The van der Waals surface area contributed by atoms with E-state index in [9.17, 15) is 0 Å². The maximum atomic E-state index is 3.70. The van der Waals surface area contributed by atoms with Crippen LogP contribution in [0, 0.1) is 0 Å². The van der Waals surface area contributed by atoms with Gasteiger partial charge in [0.1, 0.15) is 0 Å². The molecule has 1 saturated heterocycles. The lowest BCUT2D eigenvalue weighted by molar-refractivity contribution is 0.0751. The Hall–Kier alpha value is -0.860. The lowest BCUT2D eigenvalue weighted by atomic mass is 9.96. The molecule has 1 aromatic carbocycles. The Bertz CT molecular complexity index is 376. The minimum Gasteiger partial charge on any atom is -0.311 e.